The van der Waals surface area contributed by atoms with Crippen LogP contribution in [-0.2, 0) is 4.79 Å². The molecule has 2 aromatic heterocycles. The van der Waals surface area contributed by atoms with E-state index in [1.54, 1.807) is 29.8 Å². The Morgan fingerprint density at radius 3 is 2.61 bits per heavy atom. The number of carbonyl (C=O) groups excluding carboxylic acids is 1. The maximum atomic E-state index is 12.0. The Morgan fingerprint density at radius 1 is 1.03 bits per heavy atom. The lowest BCUT2D eigenvalue weighted by atomic mass is 10.2. The van der Waals surface area contributed by atoms with Crippen molar-refractivity contribution in [1.29, 1.82) is 0 Å². The quantitative estimate of drug-likeness (QED) is 0.351. The van der Waals surface area contributed by atoms with Crippen LogP contribution in [0.3, 0.4) is 0 Å². The van der Waals surface area contributed by atoms with Crippen molar-refractivity contribution in [2.45, 2.75) is 0 Å². The van der Waals surface area contributed by atoms with E-state index in [9.17, 15) is 4.79 Å². The highest BCUT2D eigenvalue weighted by Gasteiger charge is 2.10. The molecule has 2 heterocycles. The number of nitrogens with one attached hydrogen (secondary N) is 1. The van der Waals surface area contributed by atoms with Gasteiger partial charge in [-0.05, 0) is 29.8 Å². The second-order valence-corrected chi connectivity index (χ2v) is 6.58. The average molecular weight is 415 g/mol. The number of benzene rings is 2. The predicted octanol–water partition coefficient (Wildman–Crippen LogP) is 3.01. The zero-order chi connectivity index (χ0) is 21.5. The molecule has 0 saturated carbocycles. The summed E-state index contributed by atoms with van der Waals surface area (Å²) in [5.41, 5.74) is 2.45. The molecule has 0 unspecified atom stereocenters. The number of nitrogens with zero attached hydrogens (tertiary/aromatic N) is 4. The molecule has 0 aliphatic heterocycles. The fraction of sp³-hybridized carbons (Fsp3) is 0.130. The lowest BCUT2D eigenvalue weighted by Crippen LogP contribution is -2.26. The highest BCUT2D eigenvalue weighted by molar-refractivity contribution is 5.91. The smallest absolute Gasteiger partial charge is 0.244 e. The number of carbonyl (C=O) groups is 1. The van der Waals surface area contributed by atoms with Crippen molar-refractivity contribution in [3.63, 3.8) is 0 Å². The number of hydrogen-bond donors (Lipinski definition) is 1. The van der Waals surface area contributed by atoms with Crippen molar-refractivity contribution in [2.24, 2.45) is 0 Å². The molecular formula is C23H21N5O3. The molecule has 0 aliphatic rings. The second-order valence-electron chi connectivity index (χ2n) is 6.58. The molecule has 1 amide bonds. The Morgan fingerprint density at radius 2 is 1.84 bits per heavy atom. The van der Waals surface area contributed by atoms with E-state index in [0.717, 1.165) is 16.9 Å². The van der Waals surface area contributed by atoms with Gasteiger partial charge in [0, 0.05) is 17.7 Å². The zero-order valence-corrected chi connectivity index (χ0v) is 16.9. The molecule has 4 rings (SSSR count). The molecule has 4 aromatic rings. The van der Waals surface area contributed by atoms with Gasteiger partial charge >= 0.3 is 0 Å². The molecule has 156 valence electrons. The van der Waals surface area contributed by atoms with Gasteiger partial charge in [-0.1, -0.05) is 42.5 Å². The maximum absolute atomic E-state index is 12.0. The summed E-state index contributed by atoms with van der Waals surface area (Å²) in [5, 5.41) is 15.6. The van der Waals surface area contributed by atoms with Crippen LogP contribution >= 0.6 is 0 Å². The molecule has 8 nitrogen and oxygen atoms in total. The Bertz CT molecular complexity index is 1190. The van der Waals surface area contributed by atoms with Gasteiger partial charge in [0.25, 0.3) is 0 Å². The van der Waals surface area contributed by atoms with Gasteiger partial charge in [0.1, 0.15) is 12.4 Å². The minimum absolute atomic E-state index is 0.201. The molecule has 8 heteroatoms. The molecule has 0 fully saturated rings. The van der Waals surface area contributed by atoms with Crippen LogP contribution in [0.15, 0.2) is 72.8 Å². The third-order valence-electron chi connectivity index (χ3n) is 4.46. The van der Waals surface area contributed by atoms with Crippen LogP contribution in [0.2, 0.25) is 0 Å². The van der Waals surface area contributed by atoms with Gasteiger partial charge in [-0.3, -0.25) is 4.79 Å². The molecule has 31 heavy (non-hydrogen) atoms. The second kappa shape index (κ2) is 9.53. The number of hydrogen-bond acceptors (Lipinski definition) is 6. The van der Waals surface area contributed by atoms with E-state index in [-0.39, 0.29) is 12.5 Å². The fourth-order valence-electron chi connectivity index (χ4n) is 2.89. The first kappa shape index (κ1) is 20.1. The van der Waals surface area contributed by atoms with Crippen molar-refractivity contribution >= 4 is 17.6 Å². The van der Waals surface area contributed by atoms with E-state index >= 15 is 0 Å². The van der Waals surface area contributed by atoms with E-state index in [2.05, 4.69) is 20.6 Å². The third-order valence-corrected chi connectivity index (χ3v) is 4.46. The van der Waals surface area contributed by atoms with Crippen LogP contribution in [0.25, 0.3) is 23.1 Å². The third kappa shape index (κ3) is 5.05. The van der Waals surface area contributed by atoms with Gasteiger partial charge in [0.15, 0.2) is 11.5 Å². The molecule has 2 aromatic carbocycles. The van der Waals surface area contributed by atoms with Gasteiger partial charge in [0.05, 0.1) is 13.7 Å². The minimum atomic E-state index is -0.201. The molecule has 1 N–H and O–H groups in total. The van der Waals surface area contributed by atoms with Gasteiger partial charge in [-0.25, -0.2) is 0 Å². The van der Waals surface area contributed by atoms with Crippen molar-refractivity contribution in [3.05, 3.63) is 78.4 Å². The molecule has 0 aliphatic carbocycles. The summed E-state index contributed by atoms with van der Waals surface area (Å²) in [6.45, 7) is 0.628. The first-order valence-corrected chi connectivity index (χ1v) is 9.73. The molecule has 0 saturated heterocycles. The fourth-order valence-corrected chi connectivity index (χ4v) is 2.89. The number of ether oxygens (including phenoxy) is 2. The molecule has 0 atom stereocenters. The standard InChI is InChI=1S/C23H21N5O3/c1-30-19-10-7-17(8-11-19)9-13-21(29)24-15-16-31-22-14-12-20-25-26-23(28(20)27-22)18-5-3-2-4-6-18/h2-14H,15-16H2,1H3,(H,24,29)/b13-9+. The van der Waals surface area contributed by atoms with Crippen LogP contribution in [0.5, 0.6) is 11.6 Å². The van der Waals surface area contributed by atoms with Gasteiger partial charge in [-0.15, -0.1) is 15.3 Å². The number of amides is 1. The highest BCUT2D eigenvalue weighted by Crippen LogP contribution is 2.18. The normalized spacial score (nSPS) is 11.0. The highest BCUT2D eigenvalue weighted by atomic mass is 16.5. The van der Waals surface area contributed by atoms with E-state index < -0.39 is 0 Å². The number of rotatable bonds is 8. The van der Waals surface area contributed by atoms with Crippen molar-refractivity contribution < 1.29 is 14.3 Å². The topological polar surface area (TPSA) is 90.6 Å². The Hall–Kier alpha value is -4.20. The summed E-state index contributed by atoms with van der Waals surface area (Å²) in [4.78, 5) is 12.0. The molecular weight excluding hydrogens is 394 g/mol. The van der Waals surface area contributed by atoms with Gasteiger partial charge in [-0.2, -0.15) is 4.52 Å². The van der Waals surface area contributed by atoms with Crippen LogP contribution in [0.1, 0.15) is 5.56 Å². The van der Waals surface area contributed by atoms with Crippen LogP contribution in [0.4, 0.5) is 0 Å². The predicted molar refractivity (Wildman–Crippen MR) is 117 cm³/mol. The largest absolute Gasteiger partial charge is 0.497 e. The van der Waals surface area contributed by atoms with E-state index in [1.165, 1.54) is 6.08 Å². The zero-order valence-electron chi connectivity index (χ0n) is 16.9. The van der Waals surface area contributed by atoms with Gasteiger partial charge < -0.3 is 14.8 Å². The first-order valence-electron chi connectivity index (χ1n) is 9.73. The van der Waals surface area contributed by atoms with Crippen molar-refractivity contribution in [3.8, 4) is 23.0 Å². The van der Waals surface area contributed by atoms with Crippen molar-refractivity contribution in [1.82, 2.24) is 25.1 Å². The summed E-state index contributed by atoms with van der Waals surface area (Å²) < 4.78 is 12.4. The lowest BCUT2D eigenvalue weighted by Gasteiger charge is -2.06. The van der Waals surface area contributed by atoms with E-state index in [1.807, 2.05) is 54.6 Å². The van der Waals surface area contributed by atoms with Crippen LogP contribution < -0.4 is 14.8 Å². The minimum Gasteiger partial charge on any atom is -0.497 e. The number of fused-ring (bicyclic) bond motifs is 1. The molecule has 0 spiro atoms. The molecule has 0 bridgehead atoms. The summed E-state index contributed by atoms with van der Waals surface area (Å²) in [7, 11) is 1.61. The van der Waals surface area contributed by atoms with Crippen LogP contribution in [0, 0.1) is 0 Å². The van der Waals surface area contributed by atoms with Crippen LogP contribution in [-0.4, -0.2) is 46.0 Å². The Labute approximate surface area is 179 Å². The summed E-state index contributed by atoms with van der Waals surface area (Å²) >= 11 is 0. The summed E-state index contributed by atoms with van der Waals surface area (Å²) in [6, 6.07) is 20.6. The SMILES string of the molecule is COc1ccc(/C=C/C(=O)NCCOc2ccc3nnc(-c4ccccc4)n3n2)cc1. The average Bonchev–Trinajstić information content (AvgIpc) is 3.25. The number of aromatic nitrogens is 4. The lowest BCUT2D eigenvalue weighted by molar-refractivity contribution is -0.116. The first-order chi connectivity index (χ1) is 15.2. The summed E-state index contributed by atoms with van der Waals surface area (Å²) in [6.07, 6.45) is 3.22. The Balaban J connectivity index is 1.30. The van der Waals surface area contributed by atoms with E-state index in [0.29, 0.717) is 23.9 Å². The maximum Gasteiger partial charge on any atom is 0.244 e. The number of methoxy groups -OCH3 is 1. The van der Waals surface area contributed by atoms with E-state index in [4.69, 9.17) is 9.47 Å². The van der Waals surface area contributed by atoms with Gasteiger partial charge in [0.2, 0.25) is 11.8 Å². The Kier molecular flexibility index (Phi) is 6.18. The summed E-state index contributed by atoms with van der Waals surface area (Å²) in [5.74, 6) is 1.63. The van der Waals surface area contributed by atoms with Crippen molar-refractivity contribution in [2.75, 3.05) is 20.3 Å². The molecule has 0 radical (unpaired) electrons. The monoisotopic (exact) mass is 415 g/mol.